The van der Waals surface area contributed by atoms with Crippen LogP contribution in [0.15, 0.2) is 66.0 Å². The Morgan fingerprint density at radius 2 is 1.80 bits per heavy atom. The van der Waals surface area contributed by atoms with Gasteiger partial charge < -0.3 is 10.6 Å². The number of aryl methyl sites for hydroxylation is 2. The molecular formula is C21H22N2S2. The molecule has 1 aromatic heterocycles. The van der Waals surface area contributed by atoms with Gasteiger partial charge in [-0.05, 0) is 59.8 Å². The normalized spacial score (nSPS) is 11.8. The van der Waals surface area contributed by atoms with E-state index in [0.717, 1.165) is 12.1 Å². The number of hydrogen-bond donors (Lipinski definition) is 2. The Kier molecular flexibility index (Phi) is 5.84. The highest BCUT2D eigenvalue weighted by Crippen LogP contribution is 2.27. The summed E-state index contributed by atoms with van der Waals surface area (Å²) in [5.41, 5.74) is 4.76. The van der Waals surface area contributed by atoms with E-state index in [1.54, 1.807) is 11.3 Å². The lowest BCUT2D eigenvalue weighted by molar-refractivity contribution is 0.783. The molecule has 0 unspecified atom stereocenters. The van der Waals surface area contributed by atoms with Crippen molar-refractivity contribution in [3.8, 4) is 0 Å². The summed E-state index contributed by atoms with van der Waals surface area (Å²) in [6.45, 7) is 4.25. The van der Waals surface area contributed by atoms with Gasteiger partial charge in [0.25, 0.3) is 0 Å². The molecule has 0 saturated carbocycles. The Hall–Kier alpha value is -2.17. The Morgan fingerprint density at radius 3 is 2.44 bits per heavy atom. The van der Waals surface area contributed by atoms with Gasteiger partial charge in [-0.3, -0.25) is 0 Å². The van der Waals surface area contributed by atoms with Crippen molar-refractivity contribution in [2.24, 2.45) is 0 Å². The topological polar surface area (TPSA) is 24.1 Å². The van der Waals surface area contributed by atoms with Crippen molar-refractivity contribution in [1.29, 1.82) is 0 Å². The standard InChI is InChI=1S/C21H22N2S2/c1-3-16-10-12-17(13-11-16)20(19-9-6-14-25-19)23-21(24)22-18-8-5-4-7-15(18)2/h4-14,20H,3H2,1-2H3,(H2,22,23,24)/t20-/m0/s1. The van der Waals surface area contributed by atoms with Crippen LogP contribution in [0, 0.1) is 6.92 Å². The predicted molar refractivity (Wildman–Crippen MR) is 113 cm³/mol. The minimum absolute atomic E-state index is 0.0509. The van der Waals surface area contributed by atoms with E-state index in [4.69, 9.17) is 12.2 Å². The monoisotopic (exact) mass is 366 g/mol. The summed E-state index contributed by atoms with van der Waals surface area (Å²) < 4.78 is 0. The fraction of sp³-hybridized carbons (Fsp3) is 0.190. The van der Waals surface area contributed by atoms with Gasteiger partial charge in [-0.2, -0.15) is 0 Å². The van der Waals surface area contributed by atoms with Gasteiger partial charge in [0, 0.05) is 10.6 Å². The Morgan fingerprint density at radius 1 is 1.04 bits per heavy atom. The highest BCUT2D eigenvalue weighted by Gasteiger charge is 2.16. The zero-order valence-electron chi connectivity index (χ0n) is 14.5. The molecule has 1 heterocycles. The summed E-state index contributed by atoms with van der Waals surface area (Å²) in [4.78, 5) is 1.25. The second-order valence-corrected chi connectivity index (χ2v) is 7.34. The van der Waals surface area contributed by atoms with E-state index in [0.29, 0.717) is 5.11 Å². The molecule has 0 aliphatic carbocycles. The molecule has 0 aliphatic rings. The number of nitrogens with one attached hydrogen (secondary N) is 2. The maximum Gasteiger partial charge on any atom is 0.171 e. The van der Waals surface area contributed by atoms with Crippen molar-refractivity contribution in [2.45, 2.75) is 26.3 Å². The lowest BCUT2D eigenvalue weighted by atomic mass is 10.0. The van der Waals surface area contributed by atoms with Gasteiger partial charge in [0.2, 0.25) is 0 Å². The van der Waals surface area contributed by atoms with Crippen LogP contribution in [0.4, 0.5) is 5.69 Å². The number of para-hydroxylation sites is 1. The summed E-state index contributed by atoms with van der Waals surface area (Å²) in [6, 6.07) is 21.2. The highest BCUT2D eigenvalue weighted by atomic mass is 32.1. The average Bonchev–Trinajstić information content (AvgIpc) is 3.16. The first-order valence-electron chi connectivity index (χ1n) is 8.42. The third-order valence-corrected chi connectivity index (χ3v) is 5.37. The van der Waals surface area contributed by atoms with Gasteiger partial charge in [0.05, 0.1) is 6.04 Å². The third-order valence-electron chi connectivity index (χ3n) is 4.22. The van der Waals surface area contributed by atoms with Crippen molar-refractivity contribution in [2.75, 3.05) is 5.32 Å². The molecule has 0 bridgehead atoms. The molecule has 0 aliphatic heterocycles. The Bertz CT molecular complexity index is 823. The van der Waals surface area contributed by atoms with Crippen LogP contribution in [0.5, 0.6) is 0 Å². The second kappa shape index (κ2) is 8.28. The van der Waals surface area contributed by atoms with Crippen LogP contribution in [0.3, 0.4) is 0 Å². The van der Waals surface area contributed by atoms with Crippen LogP contribution in [0.25, 0.3) is 0 Å². The first-order valence-corrected chi connectivity index (χ1v) is 9.71. The van der Waals surface area contributed by atoms with Gasteiger partial charge in [-0.25, -0.2) is 0 Å². The van der Waals surface area contributed by atoms with E-state index in [9.17, 15) is 0 Å². The molecule has 0 saturated heterocycles. The molecule has 3 aromatic rings. The van der Waals surface area contributed by atoms with Gasteiger partial charge in [0.1, 0.15) is 0 Å². The molecule has 128 valence electrons. The Balaban J connectivity index is 1.80. The first-order chi connectivity index (χ1) is 12.2. The number of benzene rings is 2. The molecule has 0 spiro atoms. The first kappa shape index (κ1) is 17.6. The molecule has 0 amide bonds. The highest BCUT2D eigenvalue weighted by molar-refractivity contribution is 7.80. The number of rotatable bonds is 5. The lowest BCUT2D eigenvalue weighted by Gasteiger charge is -2.21. The molecular weight excluding hydrogens is 344 g/mol. The average molecular weight is 367 g/mol. The van der Waals surface area contributed by atoms with E-state index in [1.165, 1.54) is 21.6 Å². The van der Waals surface area contributed by atoms with E-state index < -0.39 is 0 Å². The van der Waals surface area contributed by atoms with Gasteiger partial charge in [-0.1, -0.05) is 55.5 Å². The van der Waals surface area contributed by atoms with Gasteiger partial charge in [-0.15, -0.1) is 11.3 Å². The number of hydrogen-bond acceptors (Lipinski definition) is 2. The zero-order chi connectivity index (χ0) is 17.6. The van der Waals surface area contributed by atoms with Crippen LogP contribution in [0.1, 0.15) is 34.5 Å². The van der Waals surface area contributed by atoms with Crippen molar-refractivity contribution >= 4 is 34.4 Å². The van der Waals surface area contributed by atoms with Crippen molar-refractivity contribution in [3.05, 3.63) is 87.6 Å². The zero-order valence-corrected chi connectivity index (χ0v) is 16.1. The summed E-state index contributed by atoms with van der Waals surface area (Å²) >= 11 is 7.31. The molecule has 1 atom stereocenters. The molecule has 0 fully saturated rings. The summed E-state index contributed by atoms with van der Waals surface area (Å²) in [6.07, 6.45) is 1.05. The largest absolute Gasteiger partial charge is 0.351 e. The summed E-state index contributed by atoms with van der Waals surface area (Å²) in [7, 11) is 0. The smallest absolute Gasteiger partial charge is 0.171 e. The quantitative estimate of drug-likeness (QED) is 0.567. The fourth-order valence-corrected chi connectivity index (χ4v) is 3.75. The van der Waals surface area contributed by atoms with Crippen LogP contribution < -0.4 is 10.6 Å². The minimum Gasteiger partial charge on any atom is -0.351 e. The lowest BCUT2D eigenvalue weighted by Crippen LogP contribution is -2.32. The molecule has 0 radical (unpaired) electrons. The van der Waals surface area contributed by atoms with Crippen LogP contribution >= 0.6 is 23.6 Å². The third kappa shape index (κ3) is 4.47. The fourth-order valence-electron chi connectivity index (χ4n) is 2.72. The van der Waals surface area contributed by atoms with Crippen LogP contribution in [-0.4, -0.2) is 5.11 Å². The molecule has 25 heavy (non-hydrogen) atoms. The molecule has 3 rings (SSSR count). The molecule has 2 aromatic carbocycles. The minimum atomic E-state index is 0.0509. The molecule has 4 heteroatoms. The van der Waals surface area contributed by atoms with Gasteiger partial charge in [0.15, 0.2) is 5.11 Å². The van der Waals surface area contributed by atoms with Crippen molar-refractivity contribution in [3.63, 3.8) is 0 Å². The van der Waals surface area contributed by atoms with E-state index in [-0.39, 0.29) is 6.04 Å². The number of thiocarbonyl (C=S) groups is 1. The summed E-state index contributed by atoms with van der Waals surface area (Å²) in [5, 5.41) is 9.53. The maximum atomic E-state index is 5.58. The van der Waals surface area contributed by atoms with Crippen LogP contribution in [-0.2, 0) is 6.42 Å². The van der Waals surface area contributed by atoms with Crippen molar-refractivity contribution < 1.29 is 0 Å². The Labute approximate surface area is 158 Å². The van der Waals surface area contributed by atoms with Crippen molar-refractivity contribution in [1.82, 2.24) is 5.32 Å². The maximum absolute atomic E-state index is 5.58. The number of anilines is 1. The van der Waals surface area contributed by atoms with E-state index in [2.05, 4.69) is 72.3 Å². The van der Waals surface area contributed by atoms with E-state index >= 15 is 0 Å². The predicted octanol–water partition coefficient (Wildman–Crippen LogP) is 5.69. The van der Waals surface area contributed by atoms with E-state index in [1.807, 2.05) is 18.2 Å². The number of thiophene rings is 1. The molecule has 2 nitrogen and oxygen atoms in total. The SMILES string of the molecule is CCc1ccc([C@H](NC(=S)Nc2ccccc2C)c2cccs2)cc1. The summed E-state index contributed by atoms with van der Waals surface area (Å²) in [5.74, 6) is 0. The molecule has 2 N–H and O–H groups in total. The van der Waals surface area contributed by atoms with Crippen LogP contribution in [0.2, 0.25) is 0 Å². The second-order valence-electron chi connectivity index (χ2n) is 5.96. The van der Waals surface area contributed by atoms with Gasteiger partial charge >= 0.3 is 0 Å².